The molecular formula is C21H24N4O3. The molecule has 7 heteroatoms. The first-order chi connectivity index (χ1) is 13.7. The number of amides is 1. The highest BCUT2D eigenvalue weighted by Crippen LogP contribution is 2.36. The molecule has 1 N–H and O–H groups in total. The summed E-state index contributed by atoms with van der Waals surface area (Å²) in [5.74, 6) is 2.74. The Bertz CT molecular complexity index is 964. The molecule has 0 aromatic carbocycles. The number of aryl methyl sites for hydroxylation is 1. The van der Waals surface area contributed by atoms with Crippen LogP contribution in [0.15, 0.2) is 33.4 Å². The molecule has 5 rings (SSSR count). The zero-order chi connectivity index (χ0) is 19.1. The minimum atomic E-state index is -0.0410. The Labute approximate surface area is 163 Å². The molecule has 3 aromatic heterocycles. The maximum Gasteiger partial charge on any atom is 0.274 e. The van der Waals surface area contributed by atoms with Crippen LogP contribution in [0.25, 0.3) is 11.5 Å². The molecular weight excluding hydrogens is 356 g/mol. The fourth-order valence-corrected chi connectivity index (χ4v) is 4.42. The van der Waals surface area contributed by atoms with Crippen molar-refractivity contribution >= 4 is 5.91 Å². The highest BCUT2D eigenvalue weighted by Gasteiger charge is 2.32. The lowest BCUT2D eigenvalue weighted by molar-refractivity contribution is 0.0700. The van der Waals surface area contributed by atoms with E-state index in [0.29, 0.717) is 42.1 Å². The monoisotopic (exact) mass is 380 g/mol. The summed E-state index contributed by atoms with van der Waals surface area (Å²) >= 11 is 0. The van der Waals surface area contributed by atoms with E-state index in [4.69, 9.17) is 8.94 Å². The standard InChI is InChI=1S/C21H24N4O3/c1-13-4-5-16-15(11-13)20(28-24-16)14-6-8-25(9-7-14)21(26)18-12-17(22-23-18)19-3-2-10-27-19/h2-3,10,12-14H,4-9,11H2,1H3,(H,22,23)/t13-/m1/s1. The van der Waals surface area contributed by atoms with E-state index in [1.165, 1.54) is 12.0 Å². The van der Waals surface area contributed by atoms with Gasteiger partial charge >= 0.3 is 0 Å². The summed E-state index contributed by atoms with van der Waals surface area (Å²) in [5.41, 5.74) is 3.62. The quantitative estimate of drug-likeness (QED) is 0.747. The summed E-state index contributed by atoms with van der Waals surface area (Å²) in [6, 6.07) is 5.40. The van der Waals surface area contributed by atoms with Gasteiger partial charge in [0, 0.05) is 30.6 Å². The molecule has 2 aliphatic rings. The molecule has 146 valence electrons. The third kappa shape index (κ3) is 3.04. The van der Waals surface area contributed by atoms with E-state index in [0.717, 1.165) is 37.1 Å². The van der Waals surface area contributed by atoms with Crippen LogP contribution in [-0.2, 0) is 12.8 Å². The minimum Gasteiger partial charge on any atom is -0.463 e. The predicted octanol–water partition coefficient (Wildman–Crippen LogP) is 3.80. The van der Waals surface area contributed by atoms with Crippen LogP contribution in [-0.4, -0.2) is 39.3 Å². The van der Waals surface area contributed by atoms with Crippen LogP contribution in [0.3, 0.4) is 0 Å². The molecule has 1 saturated heterocycles. The van der Waals surface area contributed by atoms with E-state index in [-0.39, 0.29) is 5.91 Å². The average Bonchev–Trinajstić information content (AvgIpc) is 3.46. The normalized spacial score (nSPS) is 20.3. The van der Waals surface area contributed by atoms with Gasteiger partial charge in [0.1, 0.15) is 11.5 Å². The van der Waals surface area contributed by atoms with Crippen molar-refractivity contribution in [2.45, 2.75) is 44.9 Å². The van der Waals surface area contributed by atoms with Crippen molar-refractivity contribution in [2.75, 3.05) is 13.1 Å². The van der Waals surface area contributed by atoms with Crippen LogP contribution in [0.4, 0.5) is 0 Å². The second-order valence-electron chi connectivity index (χ2n) is 8.03. The molecule has 0 saturated carbocycles. The number of aromatic nitrogens is 3. The number of furan rings is 1. The van der Waals surface area contributed by atoms with Crippen molar-refractivity contribution in [2.24, 2.45) is 5.92 Å². The lowest BCUT2D eigenvalue weighted by Gasteiger charge is -2.31. The number of fused-ring (bicyclic) bond motifs is 1. The van der Waals surface area contributed by atoms with Gasteiger partial charge in [-0.3, -0.25) is 9.89 Å². The highest BCUT2D eigenvalue weighted by molar-refractivity contribution is 5.93. The molecule has 1 aliphatic heterocycles. The predicted molar refractivity (Wildman–Crippen MR) is 102 cm³/mol. The Morgan fingerprint density at radius 3 is 2.93 bits per heavy atom. The van der Waals surface area contributed by atoms with Crippen LogP contribution in [0.2, 0.25) is 0 Å². The number of rotatable bonds is 3. The number of piperidine rings is 1. The van der Waals surface area contributed by atoms with Crippen molar-refractivity contribution in [3.8, 4) is 11.5 Å². The molecule has 0 bridgehead atoms. The van der Waals surface area contributed by atoms with Crippen LogP contribution in [0.1, 0.15) is 59.6 Å². The summed E-state index contributed by atoms with van der Waals surface area (Å²) < 4.78 is 11.1. The Hall–Kier alpha value is -2.83. The Morgan fingerprint density at radius 2 is 2.14 bits per heavy atom. The second-order valence-corrected chi connectivity index (χ2v) is 8.03. The van der Waals surface area contributed by atoms with Crippen molar-refractivity contribution in [3.63, 3.8) is 0 Å². The van der Waals surface area contributed by atoms with Gasteiger partial charge in [-0.15, -0.1) is 0 Å². The maximum atomic E-state index is 12.8. The van der Waals surface area contributed by atoms with Gasteiger partial charge in [-0.05, 0) is 50.2 Å². The van der Waals surface area contributed by atoms with E-state index < -0.39 is 0 Å². The van der Waals surface area contributed by atoms with E-state index in [2.05, 4.69) is 22.3 Å². The van der Waals surface area contributed by atoms with Gasteiger partial charge in [0.05, 0.1) is 12.0 Å². The van der Waals surface area contributed by atoms with Gasteiger partial charge in [-0.2, -0.15) is 5.10 Å². The number of carbonyl (C=O) groups is 1. The van der Waals surface area contributed by atoms with Crippen LogP contribution in [0, 0.1) is 5.92 Å². The average molecular weight is 380 g/mol. The second kappa shape index (κ2) is 6.96. The van der Waals surface area contributed by atoms with Crippen LogP contribution < -0.4 is 0 Å². The van der Waals surface area contributed by atoms with E-state index in [9.17, 15) is 4.79 Å². The van der Waals surface area contributed by atoms with E-state index in [1.54, 1.807) is 12.3 Å². The van der Waals surface area contributed by atoms with Gasteiger partial charge in [0.15, 0.2) is 11.5 Å². The van der Waals surface area contributed by atoms with Crippen LogP contribution in [0.5, 0.6) is 0 Å². The molecule has 28 heavy (non-hydrogen) atoms. The molecule has 3 aromatic rings. The minimum absolute atomic E-state index is 0.0410. The number of nitrogens with one attached hydrogen (secondary N) is 1. The fraction of sp³-hybridized carbons (Fsp3) is 0.476. The zero-order valence-electron chi connectivity index (χ0n) is 16.0. The smallest absolute Gasteiger partial charge is 0.274 e. The van der Waals surface area contributed by atoms with Gasteiger partial charge in [-0.1, -0.05) is 12.1 Å². The number of aromatic amines is 1. The van der Waals surface area contributed by atoms with Crippen LogP contribution >= 0.6 is 0 Å². The zero-order valence-corrected chi connectivity index (χ0v) is 16.0. The number of hydrogen-bond donors (Lipinski definition) is 1. The lowest BCUT2D eigenvalue weighted by Crippen LogP contribution is -2.38. The molecule has 1 aliphatic carbocycles. The van der Waals surface area contributed by atoms with Gasteiger partial charge in [0.2, 0.25) is 0 Å². The summed E-state index contributed by atoms with van der Waals surface area (Å²) in [5, 5.41) is 11.4. The summed E-state index contributed by atoms with van der Waals surface area (Å²) in [6.07, 6.45) is 6.68. The Morgan fingerprint density at radius 1 is 1.29 bits per heavy atom. The molecule has 7 nitrogen and oxygen atoms in total. The number of carbonyl (C=O) groups excluding carboxylic acids is 1. The third-order valence-electron chi connectivity index (χ3n) is 6.06. The SMILES string of the molecule is C[C@@H]1CCc2noc(C3CCN(C(=O)c4cc(-c5ccco5)[nH]n4)CC3)c2C1. The molecule has 1 fully saturated rings. The molecule has 0 spiro atoms. The van der Waals surface area contributed by atoms with Gasteiger partial charge in [-0.25, -0.2) is 0 Å². The van der Waals surface area contributed by atoms with Crippen molar-refractivity contribution in [1.82, 2.24) is 20.3 Å². The first-order valence-electron chi connectivity index (χ1n) is 10.0. The summed E-state index contributed by atoms with van der Waals surface area (Å²) in [4.78, 5) is 14.7. The highest BCUT2D eigenvalue weighted by atomic mass is 16.5. The van der Waals surface area contributed by atoms with E-state index >= 15 is 0 Å². The number of likely N-dealkylation sites (tertiary alicyclic amines) is 1. The molecule has 1 amide bonds. The molecule has 0 unspecified atom stereocenters. The number of hydrogen-bond acceptors (Lipinski definition) is 5. The molecule has 0 radical (unpaired) electrons. The number of H-pyrrole nitrogens is 1. The van der Waals surface area contributed by atoms with Crippen molar-refractivity contribution in [3.05, 3.63) is 47.2 Å². The first-order valence-corrected chi connectivity index (χ1v) is 10.0. The molecule has 1 atom stereocenters. The van der Waals surface area contributed by atoms with Crippen molar-refractivity contribution in [1.29, 1.82) is 0 Å². The van der Waals surface area contributed by atoms with Gasteiger partial charge < -0.3 is 13.8 Å². The number of nitrogens with zero attached hydrogens (tertiary/aromatic N) is 3. The first kappa shape index (κ1) is 17.3. The van der Waals surface area contributed by atoms with E-state index in [1.807, 2.05) is 17.0 Å². The Balaban J connectivity index is 1.25. The topological polar surface area (TPSA) is 88.2 Å². The summed E-state index contributed by atoms with van der Waals surface area (Å²) in [7, 11) is 0. The maximum absolute atomic E-state index is 12.8. The largest absolute Gasteiger partial charge is 0.463 e. The molecule has 4 heterocycles. The van der Waals surface area contributed by atoms with Crippen molar-refractivity contribution < 1.29 is 13.7 Å². The third-order valence-corrected chi connectivity index (χ3v) is 6.06. The lowest BCUT2D eigenvalue weighted by atomic mass is 9.83. The summed E-state index contributed by atoms with van der Waals surface area (Å²) in [6.45, 7) is 3.71. The van der Waals surface area contributed by atoms with Gasteiger partial charge in [0.25, 0.3) is 5.91 Å². The Kier molecular flexibility index (Phi) is 4.30. The fourth-order valence-electron chi connectivity index (χ4n) is 4.42.